The predicted octanol–water partition coefficient (Wildman–Crippen LogP) is 6.99. The Balaban J connectivity index is 0.000000144. The molecule has 0 bridgehead atoms. The predicted molar refractivity (Wildman–Crippen MR) is 119 cm³/mol. The molecule has 0 amide bonds. The molecule has 4 aromatic carbocycles. The van der Waals surface area contributed by atoms with Crippen LogP contribution < -0.4 is 0 Å². The van der Waals surface area contributed by atoms with Crippen LogP contribution in [0.15, 0.2) is 118 Å². The summed E-state index contributed by atoms with van der Waals surface area (Å²) >= 11 is 0. The van der Waals surface area contributed by atoms with E-state index in [9.17, 15) is 0 Å². The van der Waals surface area contributed by atoms with Gasteiger partial charge in [-0.2, -0.15) is 0 Å². The summed E-state index contributed by atoms with van der Waals surface area (Å²) in [6, 6.07) is 35.4. The second kappa shape index (κ2) is 9.58. The molecule has 154 valence electrons. The molecule has 0 saturated carbocycles. The van der Waals surface area contributed by atoms with Gasteiger partial charge < -0.3 is 8.83 Å². The molecule has 0 saturated heterocycles. The van der Waals surface area contributed by atoms with Crippen LogP contribution in [0.5, 0.6) is 0 Å². The van der Waals surface area contributed by atoms with E-state index in [0.717, 1.165) is 33.3 Å². The molecular weight excluding hydrogens is 480 g/mol. The summed E-state index contributed by atoms with van der Waals surface area (Å²) in [6.07, 6.45) is 0. The van der Waals surface area contributed by atoms with E-state index in [0.29, 0.717) is 11.8 Å². The van der Waals surface area contributed by atoms with Gasteiger partial charge in [0.2, 0.25) is 11.8 Å². The summed E-state index contributed by atoms with van der Waals surface area (Å²) in [7, 11) is 0. The molecule has 31 heavy (non-hydrogen) atoms. The first-order valence-corrected chi connectivity index (χ1v) is 9.69. The standard InChI is InChI=1S/2C13H9NO.Ag/c2*1-2-6-10(7-3-1)13-14-11-8-4-5-9-12(11)15-13;/h2*1-9H;/q;;+1. The Hall–Kier alpha value is -3.44. The van der Waals surface area contributed by atoms with Crippen LogP contribution in [-0.2, 0) is 22.4 Å². The van der Waals surface area contributed by atoms with E-state index < -0.39 is 0 Å². The average molecular weight is 498 g/mol. The van der Waals surface area contributed by atoms with Gasteiger partial charge in [-0.1, -0.05) is 60.7 Å². The van der Waals surface area contributed by atoms with Crippen molar-refractivity contribution < 1.29 is 31.2 Å². The number of nitrogens with zero attached hydrogens (tertiary/aromatic N) is 2. The van der Waals surface area contributed by atoms with Crippen LogP contribution in [0, 0.1) is 0 Å². The molecule has 0 aliphatic carbocycles. The van der Waals surface area contributed by atoms with E-state index >= 15 is 0 Å². The maximum Gasteiger partial charge on any atom is 1.00 e. The van der Waals surface area contributed by atoms with Gasteiger partial charge in [0.1, 0.15) is 11.0 Å². The first-order valence-electron chi connectivity index (χ1n) is 9.69. The minimum atomic E-state index is 0. The molecule has 0 aliphatic heterocycles. The molecule has 2 heterocycles. The quantitative estimate of drug-likeness (QED) is 0.242. The Morgan fingerprint density at radius 1 is 0.419 bits per heavy atom. The fourth-order valence-electron chi connectivity index (χ4n) is 3.15. The second-order valence-electron chi connectivity index (χ2n) is 6.71. The molecule has 0 fully saturated rings. The largest absolute Gasteiger partial charge is 1.00 e. The number of hydrogen-bond donors (Lipinski definition) is 0. The molecule has 6 rings (SSSR count). The van der Waals surface area contributed by atoms with Crippen molar-refractivity contribution >= 4 is 22.2 Å². The zero-order chi connectivity index (χ0) is 20.2. The summed E-state index contributed by atoms with van der Waals surface area (Å²) in [5, 5.41) is 0. The van der Waals surface area contributed by atoms with E-state index in [1.54, 1.807) is 0 Å². The average Bonchev–Trinajstić information content (AvgIpc) is 3.45. The second-order valence-corrected chi connectivity index (χ2v) is 6.71. The number of aromatic nitrogens is 2. The first-order chi connectivity index (χ1) is 14.9. The smallest absolute Gasteiger partial charge is 0.436 e. The molecule has 0 atom stereocenters. The summed E-state index contributed by atoms with van der Waals surface area (Å²) < 4.78 is 11.3. The third kappa shape index (κ3) is 4.67. The summed E-state index contributed by atoms with van der Waals surface area (Å²) in [4.78, 5) is 8.83. The molecular formula is C26H18AgN2O2+. The molecule has 0 N–H and O–H groups in total. The van der Waals surface area contributed by atoms with Gasteiger partial charge in [-0.15, -0.1) is 0 Å². The van der Waals surface area contributed by atoms with Crippen LogP contribution in [0.3, 0.4) is 0 Å². The maximum atomic E-state index is 5.64. The normalized spacial score (nSPS) is 10.3. The van der Waals surface area contributed by atoms with Crippen molar-refractivity contribution in [3.8, 4) is 22.9 Å². The van der Waals surface area contributed by atoms with Crippen molar-refractivity contribution in [1.82, 2.24) is 9.97 Å². The summed E-state index contributed by atoms with van der Waals surface area (Å²) in [6.45, 7) is 0. The van der Waals surface area contributed by atoms with Crippen molar-refractivity contribution in [3.05, 3.63) is 109 Å². The number of hydrogen-bond acceptors (Lipinski definition) is 4. The van der Waals surface area contributed by atoms with E-state index in [1.165, 1.54) is 0 Å². The molecule has 4 nitrogen and oxygen atoms in total. The minimum Gasteiger partial charge on any atom is -0.436 e. The molecule has 6 aromatic rings. The van der Waals surface area contributed by atoms with Gasteiger partial charge in [-0.25, -0.2) is 9.97 Å². The SMILES string of the molecule is [Ag+].c1ccc(-c2nc3ccccc3o2)cc1.c1ccc(-c2nc3ccccc3o2)cc1. The number of rotatable bonds is 2. The number of benzene rings is 4. The van der Waals surface area contributed by atoms with Crippen molar-refractivity contribution in [2.75, 3.05) is 0 Å². The van der Waals surface area contributed by atoms with Crippen molar-refractivity contribution in [3.63, 3.8) is 0 Å². The van der Waals surface area contributed by atoms with Crippen molar-refractivity contribution in [1.29, 1.82) is 0 Å². The van der Waals surface area contributed by atoms with Gasteiger partial charge in [0.05, 0.1) is 0 Å². The van der Waals surface area contributed by atoms with Crippen molar-refractivity contribution in [2.24, 2.45) is 0 Å². The number of oxazole rings is 2. The van der Waals surface area contributed by atoms with Crippen LogP contribution >= 0.6 is 0 Å². The first kappa shape index (κ1) is 20.8. The topological polar surface area (TPSA) is 52.1 Å². The fourth-order valence-corrected chi connectivity index (χ4v) is 3.15. The van der Waals surface area contributed by atoms with Gasteiger partial charge in [-0.05, 0) is 48.5 Å². The Labute approximate surface area is 195 Å². The van der Waals surface area contributed by atoms with Gasteiger partial charge in [0.15, 0.2) is 11.2 Å². The summed E-state index contributed by atoms with van der Waals surface area (Å²) in [5.41, 5.74) is 5.47. The minimum absolute atomic E-state index is 0. The number of fused-ring (bicyclic) bond motifs is 2. The van der Waals surface area contributed by atoms with Crippen LogP contribution in [0.25, 0.3) is 45.1 Å². The van der Waals surface area contributed by atoms with E-state index in [1.807, 2.05) is 109 Å². The molecule has 0 aliphatic rings. The summed E-state index contributed by atoms with van der Waals surface area (Å²) in [5.74, 6) is 1.36. The molecule has 0 unspecified atom stereocenters. The third-order valence-electron chi connectivity index (χ3n) is 4.63. The Morgan fingerprint density at radius 2 is 0.774 bits per heavy atom. The van der Waals surface area contributed by atoms with E-state index in [-0.39, 0.29) is 22.4 Å². The Kier molecular flexibility index (Phi) is 6.43. The maximum absolute atomic E-state index is 5.64. The van der Waals surface area contributed by atoms with Crippen LogP contribution in [-0.4, -0.2) is 9.97 Å². The number of para-hydroxylation sites is 4. The third-order valence-corrected chi connectivity index (χ3v) is 4.63. The molecule has 5 heteroatoms. The van der Waals surface area contributed by atoms with Crippen LogP contribution in [0.1, 0.15) is 0 Å². The molecule has 0 radical (unpaired) electrons. The monoisotopic (exact) mass is 497 g/mol. The van der Waals surface area contributed by atoms with Crippen LogP contribution in [0.2, 0.25) is 0 Å². The zero-order valence-electron chi connectivity index (χ0n) is 16.4. The van der Waals surface area contributed by atoms with Crippen LogP contribution in [0.4, 0.5) is 0 Å². The Bertz CT molecular complexity index is 1220. The molecule has 0 spiro atoms. The van der Waals surface area contributed by atoms with E-state index in [4.69, 9.17) is 8.83 Å². The van der Waals surface area contributed by atoms with Crippen molar-refractivity contribution in [2.45, 2.75) is 0 Å². The van der Waals surface area contributed by atoms with Gasteiger partial charge in [0.25, 0.3) is 0 Å². The van der Waals surface area contributed by atoms with Gasteiger partial charge in [0, 0.05) is 11.1 Å². The molecule has 2 aromatic heterocycles. The zero-order valence-corrected chi connectivity index (χ0v) is 17.9. The van der Waals surface area contributed by atoms with E-state index in [2.05, 4.69) is 9.97 Å². The van der Waals surface area contributed by atoms with Gasteiger partial charge >= 0.3 is 22.4 Å². The Morgan fingerprint density at radius 3 is 1.16 bits per heavy atom. The van der Waals surface area contributed by atoms with Gasteiger partial charge in [-0.3, -0.25) is 0 Å². The fraction of sp³-hybridized carbons (Fsp3) is 0.